The van der Waals surface area contributed by atoms with E-state index in [2.05, 4.69) is 36.3 Å². The van der Waals surface area contributed by atoms with Gasteiger partial charge in [0.2, 0.25) is 0 Å². The molecule has 0 aliphatic rings. The lowest BCUT2D eigenvalue weighted by Gasteiger charge is -2.07. The smallest absolute Gasteiger partial charge is 0.258 e. The lowest BCUT2D eigenvalue weighted by atomic mass is 10.2. The van der Waals surface area contributed by atoms with Crippen molar-refractivity contribution in [1.82, 2.24) is 19.7 Å². The molecular weight excluding hydrogens is 370 g/mol. The second-order valence-electron chi connectivity index (χ2n) is 4.33. The number of carbonyl (C=O) groups excluding carboxylic acids is 1. The van der Waals surface area contributed by atoms with E-state index in [-0.39, 0.29) is 11.1 Å². The molecule has 0 saturated carbocycles. The summed E-state index contributed by atoms with van der Waals surface area (Å²) in [5, 5.41) is 6.96. The van der Waals surface area contributed by atoms with Crippen molar-refractivity contribution in [3.05, 3.63) is 64.4 Å². The van der Waals surface area contributed by atoms with Crippen molar-refractivity contribution in [1.29, 1.82) is 0 Å². The number of nitrogens with zero attached hydrogens (tertiary/aromatic N) is 4. The van der Waals surface area contributed by atoms with Crippen LogP contribution >= 0.6 is 27.5 Å². The fourth-order valence-corrected chi connectivity index (χ4v) is 2.34. The van der Waals surface area contributed by atoms with Crippen molar-refractivity contribution in [2.75, 3.05) is 5.32 Å². The molecule has 6 nitrogen and oxygen atoms in total. The van der Waals surface area contributed by atoms with Crippen molar-refractivity contribution >= 4 is 39.1 Å². The maximum absolute atomic E-state index is 12.2. The highest BCUT2D eigenvalue weighted by Crippen LogP contribution is 2.20. The predicted molar refractivity (Wildman–Crippen MR) is 86.3 cm³/mol. The fourth-order valence-electron chi connectivity index (χ4n) is 1.82. The molecule has 0 unspecified atom stereocenters. The fraction of sp³-hybridized carbons (Fsp3) is 0. The molecule has 1 amide bonds. The van der Waals surface area contributed by atoms with Gasteiger partial charge >= 0.3 is 0 Å². The lowest BCUT2D eigenvalue weighted by Crippen LogP contribution is -2.13. The minimum Gasteiger partial charge on any atom is -0.322 e. The number of pyridine rings is 1. The Labute approximate surface area is 139 Å². The van der Waals surface area contributed by atoms with Gasteiger partial charge in [0.05, 0.1) is 11.3 Å². The minimum absolute atomic E-state index is 0.153. The summed E-state index contributed by atoms with van der Waals surface area (Å²) >= 11 is 9.20. The number of benzene rings is 1. The molecule has 8 heteroatoms. The summed E-state index contributed by atoms with van der Waals surface area (Å²) < 4.78 is 2.31. The van der Waals surface area contributed by atoms with E-state index in [1.165, 1.54) is 12.5 Å². The SMILES string of the molecule is O=C(Nc1ccc(-n2cncn2)cc1)c1cc(Br)cnc1Cl. The third-order valence-electron chi connectivity index (χ3n) is 2.86. The Morgan fingerprint density at radius 1 is 1.27 bits per heavy atom. The molecular formula is C14H9BrClN5O. The van der Waals surface area contributed by atoms with E-state index in [1.54, 1.807) is 29.2 Å². The Balaban J connectivity index is 1.78. The molecule has 0 aliphatic heterocycles. The van der Waals surface area contributed by atoms with Crippen LogP contribution in [0.4, 0.5) is 5.69 Å². The van der Waals surface area contributed by atoms with Gasteiger partial charge < -0.3 is 5.32 Å². The summed E-state index contributed by atoms with van der Waals surface area (Å²) in [6, 6.07) is 8.81. The molecule has 3 rings (SSSR count). The number of nitrogens with one attached hydrogen (secondary N) is 1. The van der Waals surface area contributed by atoms with Gasteiger partial charge in [0.15, 0.2) is 0 Å². The minimum atomic E-state index is -0.327. The monoisotopic (exact) mass is 377 g/mol. The molecule has 0 fully saturated rings. The summed E-state index contributed by atoms with van der Waals surface area (Å²) in [7, 11) is 0. The second-order valence-corrected chi connectivity index (χ2v) is 5.61. The number of halogens is 2. The maximum Gasteiger partial charge on any atom is 0.258 e. The van der Waals surface area contributed by atoms with E-state index in [4.69, 9.17) is 11.6 Å². The van der Waals surface area contributed by atoms with E-state index < -0.39 is 0 Å². The van der Waals surface area contributed by atoms with Crippen LogP contribution in [0.25, 0.3) is 5.69 Å². The molecule has 1 N–H and O–H groups in total. The van der Waals surface area contributed by atoms with Crippen LogP contribution in [0.5, 0.6) is 0 Å². The van der Waals surface area contributed by atoms with Gasteiger partial charge in [-0.05, 0) is 46.3 Å². The first-order valence-electron chi connectivity index (χ1n) is 6.21. The standard InChI is InChI=1S/C14H9BrClN5O/c15-9-5-12(13(16)18-6-9)14(22)20-10-1-3-11(4-2-10)21-8-17-7-19-21/h1-8H,(H,20,22). The summed E-state index contributed by atoms with van der Waals surface area (Å²) in [5.74, 6) is -0.327. The molecule has 2 aromatic heterocycles. The number of rotatable bonds is 3. The van der Waals surface area contributed by atoms with Gasteiger partial charge in [-0.1, -0.05) is 11.6 Å². The van der Waals surface area contributed by atoms with Crippen molar-refractivity contribution < 1.29 is 4.79 Å². The lowest BCUT2D eigenvalue weighted by molar-refractivity contribution is 0.102. The maximum atomic E-state index is 12.2. The molecule has 0 radical (unpaired) electrons. The average Bonchev–Trinajstić information content (AvgIpc) is 3.05. The molecule has 0 atom stereocenters. The first kappa shape index (κ1) is 14.7. The highest BCUT2D eigenvalue weighted by molar-refractivity contribution is 9.10. The molecule has 0 spiro atoms. The highest BCUT2D eigenvalue weighted by Gasteiger charge is 2.12. The Morgan fingerprint density at radius 3 is 2.73 bits per heavy atom. The van der Waals surface area contributed by atoms with Gasteiger partial charge in [-0.15, -0.1) is 0 Å². The molecule has 0 bridgehead atoms. The highest BCUT2D eigenvalue weighted by atomic mass is 79.9. The number of anilines is 1. The zero-order chi connectivity index (χ0) is 15.5. The molecule has 3 aromatic rings. The molecule has 22 heavy (non-hydrogen) atoms. The molecule has 0 aliphatic carbocycles. The summed E-state index contributed by atoms with van der Waals surface area (Å²) in [4.78, 5) is 20.0. The van der Waals surface area contributed by atoms with Crippen LogP contribution < -0.4 is 5.32 Å². The molecule has 2 heterocycles. The van der Waals surface area contributed by atoms with Gasteiger partial charge in [-0.3, -0.25) is 4.79 Å². The summed E-state index contributed by atoms with van der Waals surface area (Å²) in [6.07, 6.45) is 4.59. The van der Waals surface area contributed by atoms with Gasteiger partial charge in [0.25, 0.3) is 5.91 Å². The number of carbonyl (C=O) groups is 1. The Kier molecular flexibility index (Phi) is 4.17. The zero-order valence-corrected chi connectivity index (χ0v) is 13.4. The van der Waals surface area contributed by atoms with Crippen LogP contribution in [-0.4, -0.2) is 25.7 Å². The summed E-state index contributed by atoms with van der Waals surface area (Å²) in [5.41, 5.74) is 1.79. The van der Waals surface area contributed by atoms with E-state index in [9.17, 15) is 4.79 Å². The second kappa shape index (κ2) is 6.25. The van der Waals surface area contributed by atoms with Gasteiger partial charge in [0, 0.05) is 16.4 Å². The van der Waals surface area contributed by atoms with Crippen molar-refractivity contribution in [2.45, 2.75) is 0 Å². The predicted octanol–water partition coefficient (Wildman–Crippen LogP) is 3.33. The van der Waals surface area contributed by atoms with Crippen LogP contribution in [0.1, 0.15) is 10.4 Å². The van der Waals surface area contributed by atoms with Crippen molar-refractivity contribution in [3.8, 4) is 5.69 Å². The third-order valence-corrected chi connectivity index (χ3v) is 3.59. The van der Waals surface area contributed by atoms with Crippen LogP contribution in [0.3, 0.4) is 0 Å². The van der Waals surface area contributed by atoms with Gasteiger partial charge in [-0.25, -0.2) is 14.6 Å². The Bertz CT molecular complexity index is 805. The molecule has 0 saturated heterocycles. The number of aromatic nitrogens is 4. The van der Waals surface area contributed by atoms with Crippen LogP contribution in [0.15, 0.2) is 53.7 Å². The molecule has 110 valence electrons. The Hall–Kier alpha value is -2.25. The third kappa shape index (κ3) is 3.15. The first-order chi connectivity index (χ1) is 10.6. The van der Waals surface area contributed by atoms with Gasteiger partial charge in [0.1, 0.15) is 17.8 Å². The van der Waals surface area contributed by atoms with E-state index in [0.717, 1.165) is 5.69 Å². The summed E-state index contributed by atoms with van der Waals surface area (Å²) in [6.45, 7) is 0. The average molecular weight is 379 g/mol. The van der Waals surface area contributed by atoms with Crippen molar-refractivity contribution in [2.24, 2.45) is 0 Å². The molecule has 1 aromatic carbocycles. The number of hydrogen-bond donors (Lipinski definition) is 1. The van der Waals surface area contributed by atoms with E-state index in [1.807, 2.05) is 12.1 Å². The quantitative estimate of drug-likeness (QED) is 0.710. The van der Waals surface area contributed by atoms with Crippen LogP contribution in [-0.2, 0) is 0 Å². The van der Waals surface area contributed by atoms with E-state index >= 15 is 0 Å². The first-order valence-corrected chi connectivity index (χ1v) is 7.38. The largest absolute Gasteiger partial charge is 0.322 e. The Morgan fingerprint density at radius 2 is 2.05 bits per heavy atom. The number of hydrogen-bond acceptors (Lipinski definition) is 4. The van der Waals surface area contributed by atoms with Crippen LogP contribution in [0, 0.1) is 0 Å². The number of amides is 1. The van der Waals surface area contributed by atoms with Gasteiger partial charge in [-0.2, -0.15) is 5.10 Å². The van der Waals surface area contributed by atoms with E-state index in [0.29, 0.717) is 15.7 Å². The van der Waals surface area contributed by atoms with Crippen LogP contribution in [0.2, 0.25) is 5.15 Å². The topological polar surface area (TPSA) is 72.7 Å². The zero-order valence-electron chi connectivity index (χ0n) is 11.1. The van der Waals surface area contributed by atoms with Crippen molar-refractivity contribution in [3.63, 3.8) is 0 Å². The normalized spacial score (nSPS) is 10.5.